The summed E-state index contributed by atoms with van der Waals surface area (Å²) in [5.74, 6) is 0.363. The number of aliphatic imine (C=N–C) groups is 1. The van der Waals surface area contributed by atoms with E-state index < -0.39 is 21.6 Å². The van der Waals surface area contributed by atoms with Crippen LogP contribution < -0.4 is 15.5 Å². The van der Waals surface area contributed by atoms with Gasteiger partial charge in [0, 0.05) is 19.0 Å². The Morgan fingerprint density at radius 1 is 1.15 bits per heavy atom. The Kier molecular flexibility index (Phi) is 6.95. The zero-order valence-electron chi connectivity index (χ0n) is 22.9. The van der Waals surface area contributed by atoms with Crippen LogP contribution in [0.25, 0.3) is 0 Å². The third kappa shape index (κ3) is 5.38. The third-order valence-corrected chi connectivity index (χ3v) is 10.3. The fraction of sp³-hybridized carbons (Fsp3) is 0.571. The van der Waals surface area contributed by atoms with E-state index in [0.717, 1.165) is 41.1 Å². The minimum absolute atomic E-state index is 0.0300. The van der Waals surface area contributed by atoms with Gasteiger partial charge in [-0.2, -0.15) is 0 Å². The van der Waals surface area contributed by atoms with E-state index in [1.54, 1.807) is 18.2 Å². The number of allylic oxidation sites excluding steroid dienone is 1. The summed E-state index contributed by atoms with van der Waals surface area (Å²) in [7, 11) is -3.55. The smallest absolute Gasteiger partial charge is 0.328 e. The number of imide groups is 1. The molecule has 5 rings (SSSR count). The van der Waals surface area contributed by atoms with Crippen molar-refractivity contribution in [2.75, 3.05) is 30.3 Å². The Morgan fingerprint density at radius 3 is 2.49 bits per heavy atom. The number of sulfonamides is 1. The zero-order chi connectivity index (χ0) is 28.2. The standard InChI is InChI=1S/C28H37N5O5S/c1-18-13-21(16-27(3,4)15-18)24-30-25(35)28(31-24)8-10-32(11-9-28)39(37,38)12-7-20-5-6-22(14-19(20)2)33-23(34)17-29-26(33)36/h5-6,14,21H,1,7-13,15-17H2,2-4H3,(H,29,36)(H,30,31,35). The summed E-state index contributed by atoms with van der Waals surface area (Å²) in [4.78, 5) is 43.0. The van der Waals surface area contributed by atoms with Gasteiger partial charge in [-0.15, -0.1) is 0 Å². The number of carbonyl (C=O) groups excluding carboxylic acids is 3. The van der Waals surface area contributed by atoms with Crippen LogP contribution >= 0.6 is 0 Å². The van der Waals surface area contributed by atoms with E-state index >= 15 is 0 Å². The molecule has 0 radical (unpaired) electrons. The van der Waals surface area contributed by atoms with Gasteiger partial charge in [0.25, 0.3) is 11.8 Å². The molecule has 1 aromatic rings. The average molecular weight is 556 g/mol. The molecule has 3 aliphatic heterocycles. The first-order valence-electron chi connectivity index (χ1n) is 13.5. The van der Waals surface area contributed by atoms with Gasteiger partial charge < -0.3 is 10.6 Å². The number of hydrogen-bond acceptors (Lipinski definition) is 6. The maximum atomic E-state index is 13.2. The molecule has 1 spiro atoms. The number of urea groups is 1. The van der Waals surface area contributed by atoms with Crippen LogP contribution in [0.1, 0.15) is 57.1 Å². The molecule has 1 aromatic carbocycles. The molecular weight excluding hydrogens is 518 g/mol. The molecule has 1 atom stereocenters. The normalized spacial score (nSPS) is 25.2. The Bertz CT molecular complexity index is 1360. The summed E-state index contributed by atoms with van der Waals surface area (Å²) in [6.07, 6.45) is 3.75. The van der Waals surface area contributed by atoms with Gasteiger partial charge in [-0.1, -0.05) is 32.1 Å². The van der Waals surface area contributed by atoms with E-state index in [1.165, 1.54) is 9.88 Å². The second-order valence-corrected chi connectivity index (χ2v) is 14.2. The third-order valence-electron chi connectivity index (χ3n) is 8.45. The van der Waals surface area contributed by atoms with Crippen LogP contribution in [0.5, 0.6) is 0 Å². The van der Waals surface area contributed by atoms with Gasteiger partial charge in [-0.3, -0.25) is 14.6 Å². The van der Waals surface area contributed by atoms with Gasteiger partial charge in [-0.25, -0.2) is 22.4 Å². The number of piperidine rings is 1. The van der Waals surface area contributed by atoms with Crippen molar-refractivity contribution >= 4 is 39.4 Å². The van der Waals surface area contributed by atoms with Crippen molar-refractivity contribution in [1.29, 1.82) is 0 Å². The molecule has 1 saturated carbocycles. The highest BCUT2D eigenvalue weighted by Crippen LogP contribution is 2.43. The molecule has 1 aliphatic carbocycles. The Hall–Kier alpha value is -3.05. The first-order chi connectivity index (χ1) is 18.3. The molecule has 0 aromatic heterocycles. The minimum Gasteiger partial charge on any atom is -0.328 e. The molecule has 3 fully saturated rings. The molecule has 4 aliphatic rings. The topological polar surface area (TPSA) is 128 Å². The van der Waals surface area contributed by atoms with Crippen molar-refractivity contribution in [3.63, 3.8) is 0 Å². The maximum Gasteiger partial charge on any atom is 0.329 e. The van der Waals surface area contributed by atoms with E-state index in [-0.39, 0.29) is 48.5 Å². The number of amides is 4. The lowest BCUT2D eigenvalue weighted by atomic mass is 9.70. The number of carbonyl (C=O) groups is 3. The van der Waals surface area contributed by atoms with Crippen LogP contribution in [0.4, 0.5) is 10.5 Å². The predicted molar refractivity (Wildman–Crippen MR) is 149 cm³/mol. The number of benzene rings is 1. The molecule has 2 saturated heterocycles. The Labute approximate surface area is 230 Å². The van der Waals surface area contributed by atoms with Crippen LogP contribution in [-0.4, -0.2) is 67.3 Å². The summed E-state index contributed by atoms with van der Waals surface area (Å²) in [6.45, 7) is 10.9. The van der Waals surface area contributed by atoms with Crippen molar-refractivity contribution in [3.05, 3.63) is 41.5 Å². The largest absolute Gasteiger partial charge is 0.329 e. The summed E-state index contributed by atoms with van der Waals surface area (Å²) in [5, 5.41) is 5.53. The number of aryl methyl sites for hydroxylation is 2. The quantitative estimate of drug-likeness (QED) is 0.412. The maximum absolute atomic E-state index is 13.2. The SMILES string of the molecule is C=C1CC(C2=NC3(CCN(S(=O)(=O)CCc4ccc(N5C(=O)CNC5=O)cc4C)CC3)C(=O)N2)CC(C)(C)C1. The molecule has 3 heterocycles. The lowest BCUT2D eigenvalue weighted by Crippen LogP contribution is -2.51. The minimum atomic E-state index is -3.55. The molecule has 0 bridgehead atoms. The van der Waals surface area contributed by atoms with E-state index in [2.05, 4.69) is 31.1 Å². The van der Waals surface area contributed by atoms with Crippen LogP contribution in [0, 0.1) is 18.3 Å². The van der Waals surface area contributed by atoms with Crippen molar-refractivity contribution in [2.24, 2.45) is 16.3 Å². The van der Waals surface area contributed by atoms with Gasteiger partial charge in [-0.05, 0) is 74.1 Å². The average Bonchev–Trinajstić information content (AvgIpc) is 3.35. The first kappa shape index (κ1) is 27.5. The first-order valence-corrected chi connectivity index (χ1v) is 15.2. The molecule has 11 heteroatoms. The van der Waals surface area contributed by atoms with E-state index in [4.69, 9.17) is 4.99 Å². The van der Waals surface area contributed by atoms with Crippen molar-refractivity contribution < 1.29 is 22.8 Å². The van der Waals surface area contributed by atoms with Crippen molar-refractivity contribution in [2.45, 2.75) is 64.8 Å². The van der Waals surface area contributed by atoms with Crippen molar-refractivity contribution in [1.82, 2.24) is 14.9 Å². The van der Waals surface area contributed by atoms with Crippen LogP contribution in [0.2, 0.25) is 0 Å². The van der Waals surface area contributed by atoms with Gasteiger partial charge >= 0.3 is 6.03 Å². The number of nitrogens with zero attached hydrogens (tertiary/aromatic N) is 3. The molecule has 4 amide bonds. The highest BCUT2D eigenvalue weighted by Gasteiger charge is 2.49. The number of anilines is 1. The summed E-state index contributed by atoms with van der Waals surface area (Å²) < 4.78 is 27.9. The number of nitrogens with one attached hydrogen (secondary N) is 2. The second-order valence-electron chi connectivity index (χ2n) is 12.1. The lowest BCUT2D eigenvalue weighted by molar-refractivity contribution is -0.125. The summed E-state index contributed by atoms with van der Waals surface area (Å²) >= 11 is 0. The summed E-state index contributed by atoms with van der Waals surface area (Å²) in [5.41, 5.74) is 2.51. The molecule has 2 N–H and O–H groups in total. The van der Waals surface area contributed by atoms with Crippen LogP contribution in [0.15, 0.2) is 35.3 Å². The molecule has 210 valence electrons. The van der Waals surface area contributed by atoms with Crippen LogP contribution in [0.3, 0.4) is 0 Å². The highest BCUT2D eigenvalue weighted by atomic mass is 32.2. The molecule has 1 unspecified atom stereocenters. The number of rotatable bonds is 6. The second kappa shape index (κ2) is 9.85. The van der Waals surface area contributed by atoms with E-state index in [0.29, 0.717) is 24.9 Å². The molecule has 10 nitrogen and oxygen atoms in total. The van der Waals surface area contributed by atoms with Gasteiger partial charge in [0.05, 0.1) is 18.0 Å². The highest BCUT2D eigenvalue weighted by molar-refractivity contribution is 7.89. The molecular formula is C28H37N5O5S. The van der Waals surface area contributed by atoms with E-state index in [1.807, 2.05) is 6.92 Å². The monoisotopic (exact) mass is 555 g/mol. The van der Waals surface area contributed by atoms with Crippen molar-refractivity contribution in [3.8, 4) is 0 Å². The Morgan fingerprint density at radius 2 is 1.87 bits per heavy atom. The number of amidine groups is 1. The van der Waals surface area contributed by atoms with E-state index in [9.17, 15) is 22.8 Å². The number of hydrogen-bond donors (Lipinski definition) is 2. The van der Waals surface area contributed by atoms with Gasteiger partial charge in [0.15, 0.2) is 0 Å². The fourth-order valence-electron chi connectivity index (χ4n) is 6.46. The fourth-order valence-corrected chi connectivity index (χ4v) is 7.94. The molecule has 39 heavy (non-hydrogen) atoms. The predicted octanol–water partition coefficient (Wildman–Crippen LogP) is 2.67. The zero-order valence-corrected chi connectivity index (χ0v) is 23.7. The van der Waals surface area contributed by atoms with Gasteiger partial charge in [0.2, 0.25) is 10.0 Å². The van der Waals surface area contributed by atoms with Gasteiger partial charge in [0.1, 0.15) is 11.4 Å². The lowest BCUT2D eigenvalue weighted by Gasteiger charge is -2.36. The summed E-state index contributed by atoms with van der Waals surface area (Å²) in [6, 6.07) is 4.70. The Balaban J connectivity index is 1.21. The van der Waals surface area contributed by atoms with Crippen LogP contribution in [-0.2, 0) is 26.0 Å².